The predicted octanol–water partition coefficient (Wildman–Crippen LogP) is 3.55. The van der Waals surface area contributed by atoms with E-state index in [9.17, 15) is 19.5 Å². The van der Waals surface area contributed by atoms with Crippen molar-refractivity contribution in [3.05, 3.63) is 55.6 Å². The van der Waals surface area contributed by atoms with Gasteiger partial charge in [-0.3, -0.25) is 14.4 Å². The van der Waals surface area contributed by atoms with E-state index in [4.69, 9.17) is 4.74 Å². The van der Waals surface area contributed by atoms with Crippen LogP contribution < -0.4 is 4.90 Å². The summed E-state index contributed by atoms with van der Waals surface area (Å²) in [6.07, 6.45) is 4.95. The van der Waals surface area contributed by atoms with Crippen LogP contribution in [0.4, 0.5) is 5.69 Å². The minimum atomic E-state index is -1.16. The van der Waals surface area contributed by atoms with Crippen molar-refractivity contribution in [2.24, 2.45) is 11.8 Å². The van der Waals surface area contributed by atoms with E-state index >= 15 is 0 Å². The third kappa shape index (κ3) is 4.42. The number of likely N-dealkylation sites (tertiary alicyclic amines) is 1. The summed E-state index contributed by atoms with van der Waals surface area (Å²) < 4.78 is 6.90. The maximum atomic E-state index is 14.5. The Labute approximate surface area is 232 Å². The van der Waals surface area contributed by atoms with E-state index < -0.39 is 40.7 Å². The topological polar surface area (TPSA) is 90.4 Å². The van der Waals surface area contributed by atoms with E-state index in [0.29, 0.717) is 31.5 Å². The first-order chi connectivity index (χ1) is 18.4. The van der Waals surface area contributed by atoms with E-state index in [2.05, 4.69) is 13.2 Å². The first kappa shape index (κ1) is 29.0. The van der Waals surface area contributed by atoms with Gasteiger partial charge in [-0.15, -0.1) is 13.2 Å². The van der Waals surface area contributed by atoms with Gasteiger partial charge in [-0.05, 0) is 59.1 Å². The lowest BCUT2D eigenvalue weighted by Crippen LogP contribution is -2.61. The third-order valence-corrected chi connectivity index (χ3v) is 8.89. The lowest BCUT2D eigenvalue weighted by atomic mass is 9.64. The van der Waals surface area contributed by atoms with Gasteiger partial charge in [-0.1, -0.05) is 37.3 Å². The molecule has 0 aliphatic carbocycles. The van der Waals surface area contributed by atoms with Crippen molar-refractivity contribution in [3.63, 3.8) is 0 Å². The van der Waals surface area contributed by atoms with Crippen LogP contribution in [0, 0.1) is 11.8 Å². The molecule has 3 saturated heterocycles. The van der Waals surface area contributed by atoms with Gasteiger partial charge >= 0.3 is 0 Å². The highest BCUT2D eigenvalue weighted by Crippen LogP contribution is 2.65. The van der Waals surface area contributed by atoms with E-state index in [1.165, 1.54) is 4.90 Å². The Hall–Kier alpha value is -2.97. The fourth-order valence-electron chi connectivity index (χ4n) is 7.07. The zero-order valence-electron chi connectivity index (χ0n) is 23.9. The fraction of sp³-hybridized carbons (Fsp3) is 0.581. The molecule has 4 rings (SSSR count). The highest BCUT2D eigenvalue weighted by atomic mass is 16.5. The number of para-hydroxylation sites is 1. The van der Waals surface area contributed by atoms with Crippen LogP contribution in [0.5, 0.6) is 0 Å². The summed E-state index contributed by atoms with van der Waals surface area (Å²) in [5.41, 5.74) is -1.84. The van der Waals surface area contributed by atoms with Crippen LogP contribution in [-0.4, -0.2) is 81.1 Å². The molecule has 1 N–H and O–H groups in total. The molecule has 2 unspecified atom stereocenters. The van der Waals surface area contributed by atoms with Crippen molar-refractivity contribution in [1.82, 2.24) is 9.80 Å². The number of rotatable bonds is 10. The number of hydrogen-bond donors (Lipinski definition) is 1. The molecule has 212 valence electrons. The van der Waals surface area contributed by atoms with Crippen LogP contribution in [0.2, 0.25) is 0 Å². The molecule has 6 atom stereocenters. The summed E-state index contributed by atoms with van der Waals surface area (Å²) >= 11 is 0. The molecule has 1 aromatic rings. The molecule has 0 aromatic heterocycles. The lowest BCUT2D eigenvalue weighted by molar-refractivity contribution is -0.158. The average Bonchev–Trinajstić information content (AvgIpc) is 3.52. The second kappa shape index (κ2) is 10.5. The molecule has 0 radical (unpaired) electrons. The first-order valence-corrected chi connectivity index (χ1v) is 14.0. The largest absolute Gasteiger partial charge is 0.394 e. The van der Waals surface area contributed by atoms with Crippen molar-refractivity contribution in [1.29, 1.82) is 0 Å². The predicted molar refractivity (Wildman–Crippen MR) is 151 cm³/mol. The maximum absolute atomic E-state index is 14.5. The number of amides is 3. The van der Waals surface area contributed by atoms with Crippen molar-refractivity contribution in [2.75, 3.05) is 24.6 Å². The number of benzene rings is 1. The van der Waals surface area contributed by atoms with Crippen LogP contribution in [0.1, 0.15) is 53.9 Å². The quantitative estimate of drug-likeness (QED) is 0.461. The molecule has 2 bridgehead atoms. The minimum absolute atomic E-state index is 0.202. The van der Waals surface area contributed by atoms with E-state index in [-0.39, 0.29) is 30.9 Å². The number of aliphatic hydroxyl groups excluding tert-OH is 1. The van der Waals surface area contributed by atoms with E-state index in [1.807, 2.05) is 58.0 Å². The molecule has 1 spiro atoms. The summed E-state index contributed by atoms with van der Waals surface area (Å²) in [4.78, 5) is 48.1. The van der Waals surface area contributed by atoms with E-state index in [0.717, 1.165) is 0 Å². The molecular weight excluding hydrogens is 494 g/mol. The highest BCUT2D eigenvalue weighted by molar-refractivity contribution is 6.03. The number of nitrogens with zero attached hydrogens (tertiary/aromatic N) is 3. The third-order valence-electron chi connectivity index (χ3n) is 8.89. The van der Waals surface area contributed by atoms with Crippen LogP contribution in [0.15, 0.2) is 55.6 Å². The second-order valence-electron chi connectivity index (χ2n) is 12.1. The summed E-state index contributed by atoms with van der Waals surface area (Å²) in [6, 6.07) is 7.78. The second-order valence-corrected chi connectivity index (χ2v) is 12.1. The zero-order chi connectivity index (χ0) is 28.8. The smallest absolute Gasteiger partial charge is 0.249 e. The first-order valence-electron chi connectivity index (χ1n) is 14.0. The molecule has 0 saturated carbocycles. The highest BCUT2D eigenvalue weighted by Gasteiger charge is 2.79. The Balaban J connectivity index is 1.86. The Morgan fingerprint density at radius 2 is 1.79 bits per heavy atom. The van der Waals surface area contributed by atoms with Crippen molar-refractivity contribution in [3.8, 4) is 0 Å². The van der Waals surface area contributed by atoms with Gasteiger partial charge in [0.1, 0.15) is 11.6 Å². The van der Waals surface area contributed by atoms with Gasteiger partial charge in [0.25, 0.3) is 0 Å². The molecule has 1 aromatic carbocycles. The molecule has 8 heteroatoms. The Morgan fingerprint density at radius 3 is 2.33 bits per heavy atom. The zero-order valence-corrected chi connectivity index (χ0v) is 23.9. The SMILES string of the molecule is C=CCN(C(=O)[C@H]1[C@H]2C(=O)N([C@H](C)CO)C(C(=O)N(CC=C)C(C)(C)C)C23CC[C@]1(CC)O3)c1ccccc1. The standard InChI is InChI=1S/C31H43N3O5/c1-8-18-32(22-14-12-11-13-15-22)26(36)23-24-27(37)34(21(4)20-35)25(28(38)33(19-9-2)29(5,6)7)31(24)17-16-30(23,10-3)39-31/h8-9,11-15,21,23-25,35H,1-2,10,16-20H2,3-7H3/t21-,23-,24+,25?,30+,31?/m1/s1. The monoisotopic (exact) mass is 537 g/mol. The number of ether oxygens (including phenoxy) is 1. The summed E-state index contributed by atoms with van der Waals surface area (Å²) in [5, 5.41) is 10.2. The molecule has 3 fully saturated rings. The average molecular weight is 538 g/mol. The molecule has 3 amide bonds. The van der Waals surface area contributed by atoms with Gasteiger partial charge in [0.2, 0.25) is 17.7 Å². The molecule has 3 aliphatic rings. The summed E-state index contributed by atoms with van der Waals surface area (Å²) in [7, 11) is 0. The number of fused-ring (bicyclic) bond motifs is 1. The summed E-state index contributed by atoms with van der Waals surface area (Å²) in [6.45, 7) is 17.5. The molecule has 39 heavy (non-hydrogen) atoms. The van der Waals surface area contributed by atoms with Crippen LogP contribution in [0.3, 0.4) is 0 Å². The van der Waals surface area contributed by atoms with Gasteiger partial charge in [0.15, 0.2) is 0 Å². The normalized spacial score (nSPS) is 30.2. The van der Waals surface area contributed by atoms with Gasteiger partial charge in [0.05, 0.1) is 30.1 Å². The van der Waals surface area contributed by atoms with E-state index in [1.54, 1.807) is 28.9 Å². The minimum Gasteiger partial charge on any atom is -0.394 e. The van der Waals surface area contributed by atoms with Gasteiger partial charge < -0.3 is 24.5 Å². The van der Waals surface area contributed by atoms with Crippen LogP contribution >= 0.6 is 0 Å². The Bertz CT molecular complexity index is 1130. The number of carbonyl (C=O) groups excluding carboxylic acids is 3. The van der Waals surface area contributed by atoms with Crippen LogP contribution in [0.25, 0.3) is 0 Å². The van der Waals surface area contributed by atoms with Crippen LogP contribution in [-0.2, 0) is 19.1 Å². The molecule has 8 nitrogen and oxygen atoms in total. The Morgan fingerprint density at radius 1 is 1.15 bits per heavy atom. The van der Waals surface area contributed by atoms with Gasteiger partial charge in [-0.2, -0.15) is 0 Å². The Kier molecular flexibility index (Phi) is 7.85. The number of hydrogen-bond acceptors (Lipinski definition) is 5. The van der Waals surface area contributed by atoms with Crippen molar-refractivity contribution < 1.29 is 24.2 Å². The lowest BCUT2D eigenvalue weighted by Gasteiger charge is -2.43. The van der Waals surface area contributed by atoms with Crippen molar-refractivity contribution >= 4 is 23.4 Å². The molecular formula is C31H43N3O5. The number of aliphatic hydroxyl groups is 1. The maximum Gasteiger partial charge on any atom is 0.249 e. The van der Waals surface area contributed by atoms with Gasteiger partial charge in [-0.25, -0.2) is 0 Å². The van der Waals surface area contributed by atoms with Gasteiger partial charge in [0, 0.05) is 24.3 Å². The molecule has 3 aliphatic heterocycles. The summed E-state index contributed by atoms with van der Waals surface area (Å²) in [5.74, 6) is -2.35. The molecule has 3 heterocycles. The fourth-order valence-corrected chi connectivity index (χ4v) is 7.07. The number of carbonyl (C=O) groups is 3. The number of anilines is 1. The van der Waals surface area contributed by atoms with Crippen molar-refractivity contribution in [2.45, 2.75) is 82.7 Å².